The topological polar surface area (TPSA) is 143 Å². The van der Waals surface area contributed by atoms with Gasteiger partial charge in [-0.3, -0.25) is 0 Å². The van der Waals surface area contributed by atoms with Crippen molar-refractivity contribution in [3.8, 4) is 17.4 Å². The lowest BCUT2D eigenvalue weighted by Gasteiger charge is -2.10. The minimum Gasteiger partial charge on any atom is -0.493 e. The molecule has 0 saturated carbocycles. The summed E-state index contributed by atoms with van der Waals surface area (Å²) in [6.45, 7) is 2.45. The Morgan fingerprint density at radius 1 is 1.06 bits per heavy atom. The lowest BCUT2D eigenvalue weighted by atomic mass is 10.1. The number of hydrogen-bond acceptors (Lipinski definition) is 8. The number of nitrogens with two attached hydrogens (primary N) is 2. The van der Waals surface area contributed by atoms with Gasteiger partial charge in [0.25, 0.3) is 0 Å². The third-order valence-electron chi connectivity index (χ3n) is 4.36. The highest BCUT2D eigenvalue weighted by Crippen LogP contribution is 2.28. The first kappa shape index (κ1) is 22.9. The van der Waals surface area contributed by atoms with E-state index in [1.54, 1.807) is 31.6 Å². The lowest BCUT2D eigenvalue weighted by molar-refractivity contribution is 0.309. The van der Waals surface area contributed by atoms with E-state index in [2.05, 4.69) is 24.9 Å². The summed E-state index contributed by atoms with van der Waals surface area (Å²) < 4.78 is 16.4. The summed E-state index contributed by atoms with van der Waals surface area (Å²) in [6.07, 6.45) is 2.48. The third kappa shape index (κ3) is 6.38. The number of guanidine groups is 1. The molecule has 3 aromatic rings. The molecule has 0 fully saturated rings. The van der Waals surface area contributed by atoms with E-state index < -0.39 is 0 Å². The second-order valence-corrected chi connectivity index (χ2v) is 7.54. The SMILES string of the molecule is COc1ccc(C/C(N=C(N)N)=N\c2cc(OCCc3scnc3C)ncn2)cc1OC. The summed E-state index contributed by atoms with van der Waals surface area (Å²) in [4.78, 5) is 22.4. The molecule has 4 N–H and O–H groups in total. The lowest BCUT2D eigenvalue weighted by Crippen LogP contribution is -2.24. The maximum Gasteiger partial charge on any atom is 0.218 e. The van der Waals surface area contributed by atoms with Crippen molar-refractivity contribution >= 4 is 28.9 Å². The van der Waals surface area contributed by atoms with Crippen molar-refractivity contribution in [2.45, 2.75) is 19.8 Å². The number of ether oxygens (including phenoxy) is 3. The monoisotopic (exact) mass is 455 g/mol. The maximum absolute atomic E-state index is 5.75. The van der Waals surface area contributed by atoms with E-state index in [9.17, 15) is 0 Å². The van der Waals surface area contributed by atoms with Gasteiger partial charge in [-0.2, -0.15) is 4.99 Å². The molecule has 2 heterocycles. The van der Waals surface area contributed by atoms with Crippen molar-refractivity contribution in [1.82, 2.24) is 15.0 Å². The van der Waals surface area contributed by atoms with E-state index in [4.69, 9.17) is 25.7 Å². The van der Waals surface area contributed by atoms with Crippen molar-refractivity contribution in [2.24, 2.45) is 21.5 Å². The first-order chi connectivity index (χ1) is 15.5. The Bertz CT molecular complexity index is 1110. The fourth-order valence-corrected chi connectivity index (χ4v) is 3.61. The van der Waals surface area contributed by atoms with Crippen LogP contribution in [-0.2, 0) is 12.8 Å². The predicted molar refractivity (Wildman–Crippen MR) is 124 cm³/mol. The number of aryl methyl sites for hydroxylation is 1. The molecule has 0 unspecified atom stereocenters. The van der Waals surface area contributed by atoms with Gasteiger partial charge in [0.2, 0.25) is 5.88 Å². The molecule has 0 amide bonds. The second-order valence-electron chi connectivity index (χ2n) is 6.60. The smallest absolute Gasteiger partial charge is 0.218 e. The van der Waals surface area contributed by atoms with Crippen molar-refractivity contribution in [1.29, 1.82) is 0 Å². The standard InChI is InChI=1S/C21H25N7O3S/c1-13-17(32-12-26-13)6-7-31-20-10-18(24-11-25-20)27-19(28-21(22)23)9-14-4-5-15(29-2)16(8-14)30-3/h4-5,8,10-12H,6-7,9H2,1-3H3,(H4,22,23,24,25,27,28). The molecule has 1 aromatic carbocycles. The largest absolute Gasteiger partial charge is 0.493 e. The number of hydrogen-bond donors (Lipinski definition) is 2. The number of aromatic nitrogens is 3. The van der Waals surface area contributed by atoms with Crippen LogP contribution in [0.3, 0.4) is 0 Å². The van der Waals surface area contributed by atoms with Crippen LogP contribution in [0.15, 0.2) is 46.1 Å². The summed E-state index contributed by atoms with van der Waals surface area (Å²) in [6, 6.07) is 7.17. The molecule has 0 saturated heterocycles. The summed E-state index contributed by atoms with van der Waals surface area (Å²) in [5.74, 6) is 2.29. The van der Waals surface area contributed by atoms with Crippen LogP contribution in [0.4, 0.5) is 5.82 Å². The predicted octanol–water partition coefficient (Wildman–Crippen LogP) is 2.43. The van der Waals surface area contributed by atoms with Crippen LogP contribution in [0.5, 0.6) is 17.4 Å². The van der Waals surface area contributed by atoms with Crippen molar-refractivity contribution in [3.63, 3.8) is 0 Å². The third-order valence-corrected chi connectivity index (χ3v) is 5.36. The van der Waals surface area contributed by atoms with E-state index in [0.717, 1.165) is 17.7 Å². The average molecular weight is 456 g/mol. The van der Waals surface area contributed by atoms with Gasteiger partial charge >= 0.3 is 0 Å². The molecule has 0 radical (unpaired) electrons. The zero-order valence-electron chi connectivity index (χ0n) is 18.1. The normalized spacial score (nSPS) is 11.2. The summed E-state index contributed by atoms with van der Waals surface area (Å²) in [7, 11) is 3.16. The minimum absolute atomic E-state index is 0.102. The fraction of sp³-hybridized carbons (Fsp3) is 0.286. The first-order valence-corrected chi connectivity index (χ1v) is 10.6. The molecule has 0 spiro atoms. The van der Waals surface area contributed by atoms with Crippen molar-refractivity contribution in [2.75, 3.05) is 20.8 Å². The van der Waals surface area contributed by atoms with E-state index in [-0.39, 0.29) is 5.96 Å². The summed E-state index contributed by atoms with van der Waals surface area (Å²) in [5.41, 5.74) is 14.9. The van der Waals surface area contributed by atoms with Crippen LogP contribution in [-0.4, -0.2) is 47.6 Å². The zero-order valence-corrected chi connectivity index (χ0v) is 18.9. The van der Waals surface area contributed by atoms with Crippen LogP contribution < -0.4 is 25.7 Å². The van der Waals surface area contributed by atoms with Crippen molar-refractivity contribution < 1.29 is 14.2 Å². The van der Waals surface area contributed by atoms with Gasteiger partial charge in [-0.1, -0.05) is 6.07 Å². The van der Waals surface area contributed by atoms with Gasteiger partial charge in [-0.25, -0.2) is 19.9 Å². The molecule has 2 aromatic heterocycles. The van der Waals surface area contributed by atoms with Gasteiger partial charge in [-0.15, -0.1) is 11.3 Å². The molecule has 0 aliphatic rings. The molecule has 0 aliphatic heterocycles. The van der Waals surface area contributed by atoms with Gasteiger partial charge in [0, 0.05) is 23.8 Å². The highest BCUT2D eigenvalue weighted by atomic mass is 32.1. The summed E-state index contributed by atoms with van der Waals surface area (Å²) in [5, 5.41) is 0. The zero-order chi connectivity index (χ0) is 22.9. The second kappa shape index (κ2) is 11.0. The van der Waals surface area contributed by atoms with E-state index in [0.29, 0.717) is 42.1 Å². The number of amidine groups is 1. The number of methoxy groups -OCH3 is 2. The summed E-state index contributed by atoms with van der Waals surface area (Å²) >= 11 is 1.61. The van der Waals surface area contributed by atoms with Gasteiger partial charge in [0.15, 0.2) is 23.3 Å². The molecule has 10 nitrogen and oxygen atoms in total. The van der Waals surface area contributed by atoms with E-state index >= 15 is 0 Å². The first-order valence-electron chi connectivity index (χ1n) is 9.70. The molecule has 3 rings (SSSR count). The molecule has 0 bridgehead atoms. The van der Waals surface area contributed by atoms with Crippen LogP contribution in [0.1, 0.15) is 16.1 Å². The molecule has 0 aliphatic carbocycles. The number of benzene rings is 1. The van der Waals surface area contributed by atoms with Crippen LogP contribution in [0.2, 0.25) is 0 Å². The van der Waals surface area contributed by atoms with E-state index in [1.807, 2.05) is 30.6 Å². The number of rotatable bonds is 9. The van der Waals surface area contributed by atoms with Gasteiger partial charge in [-0.05, 0) is 24.6 Å². The molecular formula is C21H25N7O3S. The van der Waals surface area contributed by atoms with Gasteiger partial charge in [0.1, 0.15) is 12.2 Å². The van der Waals surface area contributed by atoms with E-state index in [1.165, 1.54) is 11.2 Å². The Morgan fingerprint density at radius 2 is 1.88 bits per heavy atom. The molecular weight excluding hydrogens is 430 g/mol. The molecule has 11 heteroatoms. The number of aliphatic imine (C=N–C) groups is 2. The van der Waals surface area contributed by atoms with Crippen LogP contribution in [0.25, 0.3) is 0 Å². The Morgan fingerprint density at radius 3 is 2.56 bits per heavy atom. The highest BCUT2D eigenvalue weighted by molar-refractivity contribution is 7.09. The molecule has 0 atom stereocenters. The Labute approximate surface area is 190 Å². The van der Waals surface area contributed by atoms with Crippen LogP contribution >= 0.6 is 11.3 Å². The molecule has 168 valence electrons. The number of nitrogens with zero attached hydrogens (tertiary/aromatic N) is 5. The van der Waals surface area contributed by atoms with Crippen molar-refractivity contribution in [3.05, 3.63) is 52.2 Å². The molecule has 32 heavy (non-hydrogen) atoms. The Kier molecular flexibility index (Phi) is 7.92. The quantitative estimate of drug-likeness (QED) is 0.370. The maximum atomic E-state index is 5.75. The minimum atomic E-state index is -0.102. The van der Waals surface area contributed by atoms with Gasteiger partial charge < -0.3 is 25.7 Å². The Balaban J connectivity index is 1.75. The Hall–Kier alpha value is -3.73. The number of thiazole rings is 1. The van der Waals surface area contributed by atoms with Gasteiger partial charge in [0.05, 0.1) is 32.0 Å². The van der Waals surface area contributed by atoms with Crippen LogP contribution in [0, 0.1) is 6.92 Å². The highest BCUT2D eigenvalue weighted by Gasteiger charge is 2.09. The average Bonchev–Trinajstić information content (AvgIpc) is 3.18. The fourth-order valence-electron chi connectivity index (χ4n) is 2.84.